The molecule has 0 fully saturated rings. The Morgan fingerprint density at radius 2 is 0.838 bits per heavy atom. The van der Waals surface area contributed by atoms with Crippen LogP contribution in [0, 0.1) is 0 Å². The van der Waals surface area contributed by atoms with Crippen molar-refractivity contribution in [1.29, 1.82) is 0 Å². The molecule has 6 aromatic rings. The average Bonchev–Trinajstić information content (AvgIpc) is 2.98. The van der Waals surface area contributed by atoms with Crippen molar-refractivity contribution in [2.45, 2.75) is 0 Å². The molecule has 176 valence electrons. The van der Waals surface area contributed by atoms with E-state index in [1.165, 1.54) is 0 Å². The van der Waals surface area contributed by atoms with Crippen LogP contribution in [0.4, 0.5) is 0 Å². The molecule has 6 rings (SSSR count). The molecule has 5 nitrogen and oxygen atoms in total. The fourth-order valence-electron chi connectivity index (χ4n) is 4.08. The Bertz CT molecular complexity index is 1600. The number of rotatable bonds is 5. The lowest BCUT2D eigenvalue weighted by molar-refractivity contribution is 1.07. The predicted molar refractivity (Wildman–Crippen MR) is 150 cm³/mol. The van der Waals surface area contributed by atoms with E-state index in [-0.39, 0.29) is 0 Å². The van der Waals surface area contributed by atoms with Crippen LogP contribution in [0.25, 0.3) is 56.7 Å². The van der Waals surface area contributed by atoms with Gasteiger partial charge in [0.2, 0.25) is 0 Å². The Kier molecular flexibility index (Phi) is 6.31. The van der Waals surface area contributed by atoms with Gasteiger partial charge in [-0.3, -0.25) is 0 Å². The molecule has 0 unspecified atom stereocenters. The molecule has 0 saturated carbocycles. The summed E-state index contributed by atoms with van der Waals surface area (Å²) in [7, 11) is 0. The summed E-state index contributed by atoms with van der Waals surface area (Å²) in [6, 6.07) is 36.3. The van der Waals surface area contributed by atoms with Gasteiger partial charge >= 0.3 is 0 Å². The van der Waals surface area contributed by atoms with E-state index >= 15 is 0 Å². The van der Waals surface area contributed by atoms with E-state index in [1.54, 1.807) is 12.4 Å². The first-order chi connectivity index (χ1) is 18.2. The molecule has 0 amide bonds. The van der Waals surface area contributed by atoms with Crippen LogP contribution >= 0.6 is 15.9 Å². The average molecular weight is 542 g/mol. The van der Waals surface area contributed by atoms with Gasteiger partial charge in [-0.1, -0.05) is 101 Å². The quantitative estimate of drug-likeness (QED) is 0.223. The van der Waals surface area contributed by atoms with Crippen molar-refractivity contribution in [3.63, 3.8) is 0 Å². The summed E-state index contributed by atoms with van der Waals surface area (Å²) in [5.74, 6) is 2.59. The van der Waals surface area contributed by atoms with E-state index in [0.29, 0.717) is 23.3 Å². The Hall–Kier alpha value is -4.55. The molecule has 2 aromatic heterocycles. The standard InChI is InChI=1S/C31H20BrN5/c32-27-19-25(21-12-14-24(15-13-21)28-33-16-7-17-34-28)18-26(20-27)31-36-29(22-8-3-1-4-9-22)35-30(37-31)23-10-5-2-6-11-23/h1-20H. The Labute approximate surface area is 223 Å². The molecule has 0 N–H and O–H groups in total. The molecule has 0 aliphatic heterocycles. The number of hydrogen-bond donors (Lipinski definition) is 0. The number of aromatic nitrogens is 5. The normalized spacial score (nSPS) is 10.8. The second kappa shape index (κ2) is 10.2. The summed E-state index contributed by atoms with van der Waals surface area (Å²) in [4.78, 5) is 23.2. The van der Waals surface area contributed by atoms with Crippen molar-refractivity contribution in [2.75, 3.05) is 0 Å². The summed E-state index contributed by atoms with van der Waals surface area (Å²) in [5, 5.41) is 0. The first-order valence-electron chi connectivity index (χ1n) is 11.8. The summed E-state index contributed by atoms with van der Waals surface area (Å²) >= 11 is 3.69. The summed E-state index contributed by atoms with van der Waals surface area (Å²) in [5.41, 5.74) is 5.87. The zero-order valence-corrected chi connectivity index (χ0v) is 21.2. The SMILES string of the molecule is Brc1cc(-c2ccc(-c3ncccn3)cc2)cc(-c2nc(-c3ccccc3)nc(-c3ccccc3)n2)c1. The minimum Gasteiger partial charge on any atom is -0.237 e. The maximum Gasteiger partial charge on any atom is 0.164 e. The van der Waals surface area contributed by atoms with Gasteiger partial charge in [-0.15, -0.1) is 0 Å². The van der Waals surface area contributed by atoms with Crippen molar-refractivity contribution in [3.05, 3.63) is 126 Å². The Morgan fingerprint density at radius 1 is 0.378 bits per heavy atom. The number of nitrogens with zero attached hydrogens (tertiary/aromatic N) is 5. The number of hydrogen-bond acceptors (Lipinski definition) is 5. The highest BCUT2D eigenvalue weighted by Gasteiger charge is 2.14. The summed E-state index contributed by atoms with van der Waals surface area (Å²) in [6.45, 7) is 0. The lowest BCUT2D eigenvalue weighted by Gasteiger charge is -2.11. The molecule has 0 saturated heterocycles. The van der Waals surface area contributed by atoms with Gasteiger partial charge in [0.05, 0.1) is 0 Å². The van der Waals surface area contributed by atoms with E-state index in [0.717, 1.165) is 37.9 Å². The highest BCUT2D eigenvalue weighted by Crippen LogP contribution is 2.32. The molecular weight excluding hydrogens is 522 g/mol. The van der Waals surface area contributed by atoms with Gasteiger partial charge in [-0.05, 0) is 35.4 Å². The number of benzene rings is 4. The van der Waals surface area contributed by atoms with Gasteiger partial charge in [0.15, 0.2) is 23.3 Å². The van der Waals surface area contributed by atoms with Crippen LogP contribution in [0.5, 0.6) is 0 Å². The molecule has 0 bridgehead atoms. The van der Waals surface area contributed by atoms with Gasteiger partial charge in [-0.25, -0.2) is 24.9 Å². The second-order valence-corrected chi connectivity index (χ2v) is 9.33. The van der Waals surface area contributed by atoms with Gasteiger partial charge in [0.25, 0.3) is 0 Å². The second-order valence-electron chi connectivity index (χ2n) is 8.42. The van der Waals surface area contributed by atoms with Gasteiger partial charge in [0, 0.05) is 39.1 Å². The monoisotopic (exact) mass is 541 g/mol. The summed E-state index contributed by atoms with van der Waals surface area (Å²) < 4.78 is 0.943. The molecule has 0 spiro atoms. The van der Waals surface area contributed by atoms with E-state index in [9.17, 15) is 0 Å². The third-order valence-corrected chi connectivity index (χ3v) is 6.36. The zero-order valence-electron chi connectivity index (χ0n) is 19.7. The zero-order chi connectivity index (χ0) is 25.0. The van der Waals surface area contributed by atoms with Crippen LogP contribution in [-0.4, -0.2) is 24.9 Å². The first kappa shape index (κ1) is 22.9. The molecule has 37 heavy (non-hydrogen) atoms. The smallest absolute Gasteiger partial charge is 0.164 e. The van der Waals surface area contributed by atoms with E-state index in [1.807, 2.05) is 84.9 Å². The van der Waals surface area contributed by atoms with Crippen molar-refractivity contribution in [3.8, 4) is 56.7 Å². The van der Waals surface area contributed by atoms with Crippen molar-refractivity contribution < 1.29 is 0 Å². The molecule has 0 atom stereocenters. The Morgan fingerprint density at radius 3 is 1.41 bits per heavy atom. The van der Waals surface area contributed by atoms with E-state index in [4.69, 9.17) is 15.0 Å². The van der Waals surface area contributed by atoms with E-state index < -0.39 is 0 Å². The van der Waals surface area contributed by atoms with Crippen LogP contribution in [0.3, 0.4) is 0 Å². The topological polar surface area (TPSA) is 64.5 Å². The number of halogens is 1. The highest BCUT2D eigenvalue weighted by atomic mass is 79.9. The third-order valence-electron chi connectivity index (χ3n) is 5.90. The molecule has 0 aliphatic carbocycles. The van der Waals surface area contributed by atoms with Crippen LogP contribution in [0.1, 0.15) is 0 Å². The minimum atomic E-state index is 0.615. The van der Waals surface area contributed by atoms with E-state index in [2.05, 4.69) is 50.2 Å². The van der Waals surface area contributed by atoms with Crippen molar-refractivity contribution in [2.24, 2.45) is 0 Å². The largest absolute Gasteiger partial charge is 0.237 e. The van der Waals surface area contributed by atoms with Gasteiger partial charge in [-0.2, -0.15) is 0 Å². The molecule has 2 heterocycles. The third kappa shape index (κ3) is 5.06. The molecule has 6 heteroatoms. The highest BCUT2D eigenvalue weighted by molar-refractivity contribution is 9.10. The first-order valence-corrected chi connectivity index (χ1v) is 12.6. The fraction of sp³-hybridized carbons (Fsp3) is 0. The molecule has 0 aliphatic rings. The minimum absolute atomic E-state index is 0.615. The van der Waals surface area contributed by atoms with Crippen LogP contribution in [0.15, 0.2) is 126 Å². The van der Waals surface area contributed by atoms with Gasteiger partial charge in [0.1, 0.15) is 0 Å². The molecule has 4 aromatic carbocycles. The lowest BCUT2D eigenvalue weighted by Crippen LogP contribution is -2.00. The maximum absolute atomic E-state index is 4.87. The maximum atomic E-state index is 4.87. The van der Waals surface area contributed by atoms with Crippen molar-refractivity contribution in [1.82, 2.24) is 24.9 Å². The molecular formula is C31H20BrN5. The predicted octanol–water partition coefficient (Wildman–Crippen LogP) is 7.76. The van der Waals surface area contributed by atoms with Crippen LogP contribution < -0.4 is 0 Å². The summed E-state index contributed by atoms with van der Waals surface area (Å²) in [6.07, 6.45) is 3.50. The molecule has 0 radical (unpaired) electrons. The lowest BCUT2D eigenvalue weighted by atomic mass is 10.0. The Balaban J connectivity index is 1.44. The van der Waals surface area contributed by atoms with Crippen molar-refractivity contribution >= 4 is 15.9 Å². The van der Waals surface area contributed by atoms with Crippen LogP contribution in [-0.2, 0) is 0 Å². The van der Waals surface area contributed by atoms with Crippen LogP contribution in [0.2, 0.25) is 0 Å². The fourth-order valence-corrected chi connectivity index (χ4v) is 4.58. The van der Waals surface area contributed by atoms with Gasteiger partial charge < -0.3 is 0 Å².